The monoisotopic (exact) mass is 503 g/mol. The summed E-state index contributed by atoms with van der Waals surface area (Å²) in [5, 5.41) is 10.4. The van der Waals surface area contributed by atoms with Crippen LogP contribution in [-0.2, 0) is 4.79 Å². The van der Waals surface area contributed by atoms with Crippen molar-refractivity contribution in [3.05, 3.63) is 104 Å². The minimum Gasteiger partial charge on any atom is -0.480 e. The minimum atomic E-state index is -0.284. The van der Waals surface area contributed by atoms with Gasteiger partial charge in [0.2, 0.25) is 11.8 Å². The van der Waals surface area contributed by atoms with E-state index < -0.39 is 0 Å². The van der Waals surface area contributed by atoms with E-state index in [9.17, 15) is 4.79 Å². The Bertz CT molecular complexity index is 1640. The lowest BCUT2D eigenvalue weighted by molar-refractivity contribution is -0.111. The molecule has 38 heavy (non-hydrogen) atoms. The highest BCUT2D eigenvalue weighted by molar-refractivity contribution is 6.02. The predicted octanol–water partition coefficient (Wildman–Crippen LogP) is 5.26. The third-order valence-electron chi connectivity index (χ3n) is 6.00. The smallest absolute Gasteiger partial charge is 0.247 e. The SMILES string of the molecule is C=CC(=O)Nc1ccc(-c2c(-c3ccc(C(=C)Nc4ccccn4)cc3)c3c(N)ncnn3c2OC)cc1. The second-order valence-electron chi connectivity index (χ2n) is 8.33. The standard InChI is InChI=1S/C29H25N7O2/c1-4-24(37)35-22-14-12-21(13-15-22)26-25(27-28(30)32-17-33-36(27)29(26)38-3)20-10-8-19(9-11-20)18(2)34-23-7-5-6-16-31-23/h4-17H,1-2H2,3H3,(H,31,34)(H,35,37)(H2,30,32,33). The number of fused-ring (bicyclic) bond motifs is 1. The molecule has 0 saturated carbocycles. The molecule has 0 unspecified atom stereocenters. The lowest BCUT2D eigenvalue weighted by atomic mass is 9.96. The van der Waals surface area contributed by atoms with Gasteiger partial charge in [-0.3, -0.25) is 4.79 Å². The summed E-state index contributed by atoms with van der Waals surface area (Å²) in [6.07, 6.45) is 4.34. The van der Waals surface area contributed by atoms with Crippen LogP contribution in [0.5, 0.6) is 5.88 Å². The van der Waals surface area contributed by atoms with Crippen molar-refractivity contribution in [1.82, 2.24) is 19.6 Å². The highest BCUT2D eigenvalue weighted by atomic mass is 16.5. The van der Waals surface area contributed by atoms with E-state index in [1.807, 2.05) is 66.7 Å². The molecule has 0 fully saturated rings. The van der Waals surface area contributed by atoms with Gasteiger partial charge in [0.25, 0.3) is 0 Å². The summed E-state index contributed by atoms with van der Waals surface area (Å²) >= 11 is 0. The van der Waals surface area contributed by atoms with Gasteiger partial charge in [-0.1, -0.05) is 55.6 Å². The maximum absolute atomic E-state index is 11.7. The van der Waals surface area contributed by atoms with Crippen LogP contribution >= 0.6 is 0 Å². The minimum absolute atomic E-state index is 0.284. The number of pyridine rings is 1. The van der Waals surface area contributed by atoms with Gasteiger partial charge < -0.3 is 21.1 Å². The molecule has 2 aromatic carbocycles. The first kappa shape index (κ1) is 24.3. The largest absolute Gasteiger partial charge is 0.480 e. The van der Waals surface area contributed by atoms with Crippen molar-refractivity contribution in [1.29, 1.82) is 0 Å². The fraction of sp³-hybridized carbons (Fsp3) is 0.0345. The van der Waals surface area contributed by atoms with Crippen molar-refractivity contribution >= 4 is 34.4 Å². The Balaban J connectivity index is 1.60. The lowest BCUT2D eigenvalue weighted by Gasteiger charge is -2.11. The molecule has 0 radical (unpaired) electrons. The molecule has 188 valence electrons. The van der Waals surface area contributed by atoms with Gasteiger partial charge in [-0.05, 0) is 47.0 Å². The fourth-order valence-electron chi connectivity index (χ4n) is 4.24. The topological polar surface area (TPSA) is 119 Å². The molecule has 4 N–H and O–H groups in total. The number of hydrogen-bond acceptors (Lipinski definition) is 7. The van der Waals surface area contributed by atoms with E-state index in [1.54, 1.807) is 17.8 Å². The van der Waals surface area contributed by atoms with Crippen LogP contribution in [-0.4, -0.2) is 32.6 Å². The molecule has 9 nitrogen and oxygen atoms in total. The summed E-state index contributed by atoms with van der Waals surface area (Å²) in [5.74, 6) is 1.26. The van der Waals surface area contributed by atoms with Crippen molar-refractivity contribution in [2.75, 3.05) is 23.5 Å². The summed E-state index contributed by atoms with van der Waals surface area (Å²) < 4.78 is 7.46. The van der Waals surface area contributed by atoms with Crippen molar-refractivity contribution in [2.24, 2.45) is 0 Å². The number of nitrogens with zero attached hydrogens (tertiary/aromatic N) is 4. The number of ether oxygens (including phenoxy) is 1. The summed E-state index contributed by atoms with van der Waals surface area (Å²) in [6, 6.07) is 21.0. The first-order chi connectivity index (χ1) is 18.5. The molecular weight excluding hydrogens is 478 g/mol. The molecule has 0 aliphatic carbocycles. The Morgan fingerprint density at radius 1 is 0.974 bits per heavy atom. The quantitative estimate of drug-likeness (QED) is 0.247. The number of aromatic nitrogens is 4. The van der Waals surface area contributed by atoms with Crippen LogP contribution in [0.1, 0.15) is 5.56 Å². The second kappa shape index (κ2) is 10.3. The lowest BCUT2D eigenvalue weighted by Crippen LogP contribution is -2.06. The molecule has 0 aliphatic heterocycles. The van der Waals surface area contributed by atoms with E-state index in [0.717, 1.165) is 33.5 Å². The van der Waals surface area contributed by atoms with Gasteiger partial charge in [0.05, 0.1) is 12.7 Å². The molecule has 5 rings (SSSR count). The Labute approximate surface area is 219 Å². The van der Waals surface area contributed by atoms with Gasteiger partial charge in [0.15, 0.2) is 5.82 Å². The van der Waals surface area contributed by atoms with Crippen LogP contribution in [0.3, 0.4) is 0 Å². The predicted molar refractivity (Wildman–Crippen MR) is 151 cm³/mol. The van der Waals surface area contributed by atoms with Gasteiger partial charge in [-0.15, -0.1) is 0 Å². The normalized spacial score (nSPS) is 10.7. The summed E-state index contributed by atoms with van der Waals surface area (Å²) in [5.41, 5.74) is 12.6. The maximum atomic E-state index is 11.7. The van der Waals surface area contributed by atoms with Gasteiger partial charge in [-0.2, -0.15) is 9.61 Å². The van der Waals surface area contributed by atoms with Crippen LogP contribution in [0.25, 0.3) is 33.5 Å². The van der Waals surface area contributed by atoms with E-state index >= 15 is 0 Å². The van der Waals surface area contributed by atoms with E-state index in [4.69, 9.17) is 10.5 Å². The summed E-state index contributed by atoms with van der Waals surface area (Å²) in [7, 11) is 1.59. The Hall–Kier alpha value is -5.44. The van der Waals surface area contributed by atoms with E-state index in [2.05, 4.69) is 38.9 Å². The average Bonchev–Trinajstić information content (AvgIpc) is 3.29. The molecule has 9 heteroatoms. The van der Waals surface area contributed by atoms with Crippen LogP contribution in [0.2, 0.25) is 0 Å². The van der Waals surface area contributed by atoms with Crippen molar-refractivity contribution in [3.63, 3.8) is 0 Å². The summed E-state index contributed by atoms with van der Waals surface area (Å²) in [4.78, 5) is 20.2. The number of carbonyl (C=O) groups is 1. The Morgan fingerprint density at radius 3 is 2.34 bits per heavy atom. The third kappa shape index (κ3) is 4.56. The molecule has 0 aliphatic rings. The van der Waals surface area contributed by atoms with Crippen molar-refractivity contribution in [2.45, 2.75) is 0 Å². The average molecular weight is 504 g/mol. The van der Waals surface area contributed by atoms with Crippen LogP contribution in [0.4, 0.5) is 17.3 Å². The van der Waals surface area contributed by atoms with Gasteiger partial charge in [0, 0.05) is 23.1 Å². The number of methoxy groups -OCH3 is 1. The van der Waals surface area contributed by atoms with Crippen LogP contribution in [0, 0.1) is 0 Å². The Kier molecular flexibility index (Phi) is 6.56. The number of rotatable bonds is 8. The zero-order valence-electron chi connectivity index (χ0n) is 20.7. The number of carbonyl (C=O) groups excluding carboxylic acids is 1. The summed E-state index contributed by atoms with van der Waals surface area (Å²) in [6.45, 7) is 7.64. The highest BCUT2D eigenvalue weighted by Crippen LogP contribution is 2.45. The number of nitrogens with one attached hydrogen (secondary N) is 2. The molecule has 0 atom stereocenters. The maximum Gasteiger partial charge on any atom is 0.247 e. The van der Waals surface area contributed by atoms with Crippen molar-refractivity contribution in [3.8, 4) is 28.1 Å². The van der Waals surface area contributed by atoms with Gasteiger partial charge in [0.1, 0.15) is 17.7 Å². The third-order valence-corrected chi connectivity index (χ3v) is 6.00. The number of anilines is 3. The number of nitrogen functional groups attached to an aromatic ring is 1. The van der Waals surface area contributed by atoms with E-state index in [1.165, 1.54) is 12.4 Å². The molecule has 3 aromatic heterocycles. The van der Waals surface area contributed by atoms with E-state index in [0.29, 0.717) is 28.7 Å². The second-order valence-corrected chi connectivity index (χ2v) is 8.33. The van der Waals surface area contributed by atoms with Crippen LogP contribution in [0.15, 0.2) is 98.5 Å². The zero-order chi connectivity index (χ0) is 26.6. The van der Waals surface area contributed by atoms with Gasteiger partial charge >= 0.3 is 0 Å². The molecule has 1 amide bonds. The first-order valence-electron chi connectivity index (χ1n) is 11.7. The fourth-order valence-corrected chi connectivity index (χ4v) is 4.24. The molecule has 5 aromatic rings. The number of amides is 1. The molecule has 0 bridgehead atoms. The zero-order valence-corrected chi connectivity index (χ0v) is 20.7. The molecule has 0 saturated heterocycles. The number of benzene rings is 2. The Morgan fingerprint density at radius 2 is 1.68 bits per heavy atom. The molecule has 3 heterocycles. The molecular formula is C29H25N7O2. The van der Waals surface area contributed by atoms with Gasteiger partial charge in [-0.25, -0.2) is 9.97 Å². The number of hydrogen-bond donors (Lipinski definition) is 3. The first-order valence-corrected chi connectivity index (χ1v) is 11.7. The van der Waals surface area contributed by atoms with Crippen LogP contribution < -0.4 is 21.1 Å². The number of nitrogens with two attached hydrogens (primary N) is 1. The molecule has 0 spiro atoms. The van der Waals surface area contributed by atoms with Crippen molar-refractivity contribution < 1.29 is 9.53 Å². The highest BCUT2D eigenvalue weighted by Gasteiger charge is 2.25. The van der Waals surface area contributed by atoms with E-state index in [-0.39, 0.29) is 5.91 Å².